The smallest absolute Gasteiger partial charge is 0.137 e. The molecule has 0 radical (unpaired) electrons. The summed E-state index contributed by atoms with van der Waals surface area (Å²) in [6, 6.07) is 13.0. The first kappa shape index (κ1) is 15.3. The number of nitrogens with one attached hydrogen (secondary N) is 1. The lowest BCUT2D eigenvalue weighted by molar-refractivity contribution is 0.181. The van der Waals surface area contributed by atoms with Crippen molar-refractivity contribution < 1.29 is 9.26 Å². The van der Waals surface area contributed by atoms with Gasteiger partial charge in [-0.25, -0.2) is 0 Å². The zero-order chi connectivity index (χ0) is 15.4. The van der Waals surface area contributed by atoms with Crippen molar-refractivity contribution in [3.05, 3.63) is 53.4 Å². The van der Waals surface area contributed by atoms with Crippen molar-refractivity contribution in [1.82, 2.24) is 10.5 Å². The van der Waals surface area contributed by atoms with Crippen molar-refractivity contribution in [1.29, 1.82) is 0 Å². The standard InChI is InChI=1S/C18H24N2O2/c1-13(15-6-4-3-5-7-15)10-19-18-12-21-11-16(18)9-17-8-14(2)20-22-17/h3-8,13,16,18-19H,9-12H2,1-2H3/t13-,16-,18-/m1/s1. The van der Waals surface area contributed by atoms with Gasteiger partial charge in [0.1, 0.15) is 5.76 Å². The highest BCUT2D eigenvalue weighted by Crippen LogP contribution is 2.21. The van der Waals surface area contributed by atoms with Gasteiger partial charge in [0.15, 0.2) is 0 Å². The Hall–Kier alpha value is -1.65. The van der Waals surface area contributed by atoms with E-state index in [0.717, 1.165) is 37.6 Å². The average Bonchev–Trinajstić information content (AvgIpc) is 3.15. The molecule has 1 aromatic heterocycles. The summed E-state index contributed by atoms with van der Waals surface area (Å²) in [6.07, 6.45) is 0.887. The minimum Gasteiger partial charge on any atom is -0.379 e. The molecule has 4 nitrogen and oxygen atoms in total. The van der Waals surface area contributed by atoms with E-state index in [1.807, 2.05) is 13.0 Å². The monoisotopic (exact) mass is 300 g/mol. The Labute approximate surface area is 131 Å². The number of rotatable bonds is 6. The van der Waals surface area contributed by atoms with Gasteiger partial charge in [0.2, 0.25) is 0 Å². The van der Waals surface area contributed by atoms with Gasteiger partial charge >= 0.3 is 0 Å². The van der Waals surface area contributed by atoms with E-state index in [-0.39, 0.29) is 0 Å². The maximum atomic E-state index is 5.66. The predicted molar refractivity (Wildman–Crippen MR) is 85.9 cm³/mol. The molecule has 1 aliphatic rings. The van der Waals surface area contributed by atoms with Crippen LogP contribution in [-0.2, 0) is 11.2 Å². The molecule has 1 N–H and O–H groups in total. The second kappa shape index (κ2) is 7.07. The molecule has 0 bridgehead atoms. The Morgan fingerprint density at radius 2 is 2.09 bits per heavy atom. The minimum atomic E-state index is 0.386. The van der Waals surface area contributed by atoms with Crippen LogP contribution in [0.4, 0.5) is 0 Å². The lowest BCUT2D eigenvalue weighted by Crippen LogP contribution is -2.38. The third kappa shape index (κ3) is 3.76. The predicted octanol–water partition coefficient (Wildman–Crippen LogP) is 2.93. The molecule has 2 heterocycles. The van der Waals surface area contributed by atoms with Crippen LogP contribution in [0.15, 0.2) is 40.9 Å². The van der Waals surface area contributed by atoms with Gasteiger partial charge in [-0.15, -0.1) is 0 Å². The van der Waals surface area contributed by atoms with Crippen LogP contribution < -0.4 is 5.32 Å². The maximum Gasteiger partial charge on any atom is 0.137 e. The van der Waals surface area contributed by atoms with Crippen LogP contribution in [0.1, 0.15) is 29.9 Å². The molecule has 0 aliphatic carbocycles. The molecule has 0 unspecified atom stereocenters. The average molecular weight is 300 g/mol. The van der Waals surface area contributed by atoms with Crippen molar-refractivity contribution in [3.8, 4) is 0 Å². The van der Waals surface area contributed by atoms with E-state index in [2.05, 4.69) is 47.7 Å². The van der Waals surface area contributed by atoms with Gasteiger partial charge in [0, 0.05) is 31.0 Å². The molecule has 0 saturated carbocycles. The molecule has 2 aromatic rings. The number of ether oxygens (including phenoxy) is 1. The quantitative estimate of drug-likeness (QED) is 0.891. The fourth-order valence-electron chi connectivity index (χ4n) is 3.02. The summed E-state index contributed by atoms with van der Waals surface area (Å²) in [5.74, 6) is 1.90. The van der Waals surface area contributed by atoms with Crippen LogP contribution in [0.5, 0.6) is 0 Å². The summed E-state index contributed by atoms with van der Waals surface area (Å²) >= 11 is 0. The Kier molecular flexibility index (Phi) is 4.90. The molecule has 4 heteroatoms. The summed E-state index contributed by atoms with van der Waals surface area (Å²) in [7, 11) is 0. The van der Waals surface area contributed by atoms with E-state index < -0.39 is 0 Å². The van der Waals surface area contributed by atoms with Crippen molar-refractivity contribution in [2.24, 2.45) is 5.92 Å². The molecule has 0 spiro atoms. The largest absolute Gasteiger partial charge is 0.379 e. The van der Waals surface area contributed by atoms with E-state index in [4.69, 9.17) is 9.26 Å². The number of hydrogen-bond acceptors (Lipinski definition) is 4. The highest BCUT2D eigenvalue weighted by Gasteiger charge is 2.29. The van der Waals surface area contributed by atoms with Crippen molar-refractivity contribution >= 4 is 0 Å². The molecule has 1 aliphatic heterocycles. The third-order valence-corrected chi connectivity index (χ3v) is 4.39. The highest BCUT2D eigenvalue weighted by atomic mass is 16.5. The van der Waals surface area contributed by atoms with Crippen molar-refractivity contribution in [2.75, 3.05) is 19.8 Å². The Morgan fingerprint density at radius 3 is 2.82 bits per heavy atom. The first-order chi connectivity index (χ1) is 10.7. The minimum absolute atomic E-state index is 0.386. The molecular weight excluding hydrogens is 276 g/mol. The first-order valence-electron chi connectivity index (χ1n) is 8.00. The summed E-state index contributed by atoms with van der Waals surface area (Å²) in [5.41, 5.74) is 2.31. The summed E-state index contributed by atoms with van der Waals surface area (Å²) < 4.78 is 11.0. The molecule has 22 heavy (non-hydrogen) atoms. The number of nitrogens with zero attached hydrogens (tertiary/aromatic N) is 1. The van der Waals surface area contributed by atoms with Crippen LogP contribution in [0, 0.1) is 12.8 Å². The highest BCUT2D eigenvalue weighted by molar-refractivity contribution is 5.19. The third-order valence-electron chi connectivity index (χ3n) is 4.39. The van der Waals surface area contributed by atoms with Crippen molar-refractivity contribution in [3.63, 3.8) is 0 Å². The van der Waals surface area contributed by atoms with Crippen LogP contribution in [0.2, 0.25) is 0 Å². The van der Waals surface area contributed by atoms with Gasteiger partial charge in [-0.3, -0.25) is 0 Å². The van der Waals surface area contributed by atoms with E-state index in [1.54, 1.807) is 0 Å². The number of hydrogen-bond donors (Lipinski definition) is 1. The van der Waals surface area contributed by atoms with Gasteiger partial charge in [-0.2, -0.15) is 0 Å². The molecule has 1 saturated heterocycles. The van der Waals surface area contributed by atoms with E-state index in [1.165, 1.54) is 5.56 Å². The zero-order valence-electron chi connectivity index (χ0n) is 13.3. The zero-order valence-corrected chi connectivity index (χ0v) is 13.3. The van der Waals surface area contributed by atoms with Crippen LogP contribution in [-0.4, -0.2) is 31.0 Å². The summed E-state index contributed by atoms with van der Waals surface area (Å²) in [4.78, 5) is 0. The molecule has 1 aromatic carbocycles. The van der Waals surface area contributed by atoms with Crippen LogP contribution in [0.25, 0.3) is 0 Å². The van der Waals surface area contributed by atoms with Gasteiger partial charge in [-0.05, 0) is 18.4 Å². The Balaban J connectivity index is 1.53. The van der Waals surface area contributed by atoms with Crippen LogP contribution >= 0.6 is 0 Å². The SMILES string of the molecule is Cc1cc(C[C@@H]2COC[C@H]2NC[C@@H](C)c2ccccc2)on1. The van der Waals surface area contributed by atoms with Gasteiger partial charge in [0.05, 0.1) is 18.9 Å². The Morgan fingerprint density at radius 1 is 1.27 bits per heavy atom. The fourth-order valence-corrected chi connectivity index (χ4v) is 3.02. The van der Waals surface area contributed by atoms with Crippen molar-refractivity contribution in [2.45, 2.75) is 32.2 Å². The van der Waals surface area contributed by atoms with E-state index in [0.29, 0.717) is 17.9 Å². The number of aromatic nitrogens is 1. The second-order valence-electron chi connectivity index (χ2n) is 6.26. The summed E-state index contributed by atoms with van der Waals surface area (Å²) in [6.45, 7) is 6.74. The maximum absolute atomic E-state index is 5.66. The molecule has 3 atom stereocenters. The lowest BCUT2D eigenvalue weighted by Gasteiger charge is -2.21. The Bertz CT molecular complexity index is 582. The van der Waals surface area contributed by atoms with E-state index >= 15 is 0 Å². The lowest BCUT2D eigenvalue weighted by atomic mass is 9.96. The normalized spacial score (nSPS) is 22.8. The van der Waals surface area contributed by atoms with Gasteiger partial charge in [-0.1, -0.05) is 42.4 Å². The molecule has 3 rings (SSSR count). The van der Waals surface area contributed by atoms with Crippen LogP contribution in [0.3, 0.4) is 0 Å². The van der Waals surface area contributed by atoms with Gasteiger partial charge < -0.3 is 14.6 Å². The molecule has 118 valence electrons. The fraction of sp³-hybridized carbons (Fsp3) is 0.500. The number of benzene rings is 1. The second-order valence-corrected chi connectivity index (χ2v) is 6.26. The van der Waals surface area contributed by atoms with Gasteiger partial charge in [0.25, 0.3) is 0 Å². The molecule has 0 amide bonds. The first-order valence-corrected chi connectivity index (χ1v) is 8.00. The molecular formula is C18H24N2O2. The number of aryl methyl sites for hydroxylation is 1. The summed E-state index contributed by atoms with van der Waals surface area (Å²) in [5, 5.41) is 7.63. The topological polar surface area (TPSA) is 47.3 Å². The molecule has 1 fully saturated rings. The van der Waals surface area contributed by atoms with E-state index in [9.17, 15) is 0 Å².